The average molecular weight is 391 g/mol. The molecule has 0 unspecified atom stereocenters. The van der Waals surface area contributed by atoms with E-state index in [0.717, 1.165) is 24.8 Å². The number of hydrazone groups is 1. The highest BCUT2D eigenvalue weighted by molar-refractivity contribution is 6.32. The van der Waals surface area contributed by atoms with Gasteiger partial charge in [-0.3, -0.25) is 14.9 Å². The number of hydrogen-bond donors (Lipinski definition) is 2. The van der Waals surface area contributed by atoms with Gasteiger partial charge in [0, 0.05) is 42.0 Å². The molecule has 0 heterocycles. The number of carbonyl (C=O) groups excluding carboxylic acids is 1. The van der Waals surface area contributed by atoms with E-state index in [1.807, 2.05) is 19.9 Å². The Morgan fingerprint density at radius 1 is 1.30 bits per heavy atom. The summed E-state index contributed by atoms with van der Waals surface area (Å²) in [5, 5.41) is 24.7. The molecule has 9 heteroatoms. The fourth-order valence-electron chi connectivity index (χ4n) is 2.45. The molecule has 2 aromatic rings. The Morgan fingerprint density at radius 3 is 2.59 bits per heavy atom. The number of nitro benzene ring substituents is 1. The van der Waals surface area contributed by atoms with Crippen LogP contribution in [0.4, 0.5) is 11.4 Å². The third-order valence-electron chi connectivity index (χ3n) is 3.92. The molecule has 2 aromatic carbocycles. The summed E-state index contributed by atoms with van der Waals surface area (Å²) in [6, 6.07) is 8.86. The van der Waals surface area contributed by atoms with E-state index >= 15 is 0 Å². The van der Waals surface area contributed by atoms with Crippen molar-refractivity contribution in [3.63, 3.8) is 0 Å². The Hall–Kier alpha value is -3.13. The van der Waals surface area contributed by atoms with E-state index in [4.69, 9.17) is 11.6 Å². The van der Waals surface area contributed by atoms with E-state index in [0.29, 0.717) is 5.56 Å². The van der Waals surface area contributed by atoms with E-state index in [-0.39, 0.29) is 22.0 Å². The lowest BCUT2D eigenvalue weighted by atomic mass is 10.2. The number of rotatable bonds is 7. The van der Waals surface area contributed by atoms with Crippen LogP contribution in [0, 0.1) is 10.1 Å². The molecule has 142 valence electrons. The van der Waals surface area contributed by atoms with Crippen LogP contribution in [0.25, 0.3) is 0 Å². The Kier molecular flexibility index (Phi) is 6.73. The number of hydrogen-bond acceptors (Lipinski definition) is 6. The lowest BCUT2D eigenvalue weighted by molar-refractivity contribution is -0.384. The molecule has 0 atom stereocenters. The number of nitrogens with zero attached hydrogens (tertiary/aromatic N) is 3. The summed E-state index contributed by atoms with van der Waals surface area (Å²) in [6.45, 7) is 5.67. The highest BCUT2D eigenvalue weighted by atomic mass is 35.5. The number of benzene rings is 2. The SMILES string of the molecule is CCN(CC)c1ccc(C=NNC(=O)c2ccc(Cl)c([N+](=O)[O-])c2)c(O)c1. The van der Waals surface area contributed by atoms with Crippen molar-refractivity contribution in [1.82, 2.24) is 5.43 Å². The maximum absolute atomic E-state index is 12.1. The number of phenolic OH excluding ortho intramolecular Hbond substituents is 1. The van der Waals surface area contributed by atoms with Gasteiger partial charge in [-0.05, 0) is 38.1 Å². The van der Waals surface area contributed by atoms with E-state index in [2.05, 4.69) is 15.4 Å². The fourth-order valence-corrected chi connectivity index (χ4v) is 2.63. The van der Waals surface area contributed by atoms with Crippen molar-refractivity contribution in [2.75, 3.05) is 18.0 Å². The first-order valence-electron chi connectivity index (χ1n) is 8.22. The topological polar surface area (TPSA) is 108 Å². The molecule has 2 N–H and O–H groups in total. The van der Waals surface area contributed by atoms with Gasteiger partial charge < -0.3 is 10.0 Å². The van der Waals surface area contributed by atoms with Crippen molar-refractivity contribution in [2.45, 2.75) is 13.8 Å². The molecule has 1 amide bonds. The van der Waals surface area contributed by atoms with Gasteiger partial charge in [-0.25, -0.2) is 5.43 Å². The van der Waals surface area contributed by atoms with Crippen LogP contribution in [0.3, 0.4) is 0 Å². The van der Waals surface area contributed by atoms with Crippen molar-refractivity contribution >= 4 is 35.1 Å². The van der Waals surface area contributed by atoms with Crippen LogP contribution in [-0.4, -0.2) is 35.2 Å². The molecule has 8 nitrogen and oxygen atoms in total. The van der Waals surface area contributed by atoms with E-state index in [1.165, 1.54) is 18.3 Å². The number of halogens is 1. The number of amides is 1. The van der Waals surface area contributed by atoms with Gasteiger partial charge in [-0.1, -0.05) is 11.6 Å². The van der Waals surface area contributed by atoms with Gasteiger partial charge in [0.05, 0.1) is 11.1 Å². The average Bonchev–Trinajstić information content (AvgIpc) is 2.64. The Labute approximate surface area is 161 Å². The number of aromatic hydroxyl groups is 1. The van der Waals surface area contributed by atoms with Gasteiger partial charge in [0.25, 0.3) is 11.6 Å². The van der Waals surface area contributed by atoms with E-state index in [1.54, 1.807) is 12.1 Å². The molecule has 0 radical (unpaired) electrons. The number of phenols is 1. The summed E-state index contributed by atoms with van der Waals surface area (Å²) in [6.07, 6.45) is 1.30. The Bertz CT molecular complexity index is 882. The smallest absolute Gasteiger partial charge is 0.288 e. The molecule has 0 spiro atoms. The second-order valence-corrected chi connectivity index (χ2v) is 5.95. The number of anilines is 1. The summed E-state index contributed by atoms with van der Waals surface area (Å²) in [7, 11) is 0. The van der Waals surface area contributed by atoms with Crippen LogP contribution >= 0.6 is 11.6 Å². The predicted molar refractivity (Wildman–Crippen MR) is 105 cm³/mol. The zero-order chi connectivity index (χ0) is 20.0. The number of nitro groups is 1. The Balaban J connectivity index is 2.10. The second-order valence-electron chi connectivity index (χ2n) is 5.54. The third kappa shape index (κ3) is 4.95. The quantitative estimate of drug-likeness (QED) is 0.427. The first-order valence-corrected chi connectivity index (χ1v) is 8.60. The molecular formula is C18H19ClN4O4. The second kappa shape index (κ2) is 9.00. The van der Waals surface area contributed by atoms with Crippen molar-refractivity contribution in [2.24, 2.45) is 5.10 Å². The lowest BCUT2D eigenvalue weighted by Crippen LogP contribution is -2.21. The van der Waals surface area contributed by atoms with Gasteiger partial charge in [0.1, 0.15) is 10.8 Å². The van der Waals surface area contributed by atoms with Crippen LogP contribution in [0.15, 0.2) is 41.5 Å². The zero-order valence-corrected chi connectivity index (χ0v) is 15.6. The summed E-state index contributed by atoms with van der Waals surface area (Å²) in [4.78, 5) is 24.4. The first kappa shape index (κ1) is 20.2. The minimum atomic E-state index is -0.669. The van der Waals surface area contributed by atoms with Crippen LogP contribution < -0.4 is 10.3 Å². The van der Waals surface area contributed by atoms with Gasteiger partial charge in [-0.15, -0.1) is 0 Å². The van der Waals surface area contributed by atoms with Crippen LogP contribution in [0.2, 0.25) is 5.02 Å². The Morgan fingerprint density at radius 2 is 2.00 bits per heavy atom. The minimum Gasteiger partial charge on any atom is -0.507 e. The summed E-state index contributed by atoms with van der Waals surface area (Å²) in [5.74, 6) is -0.607. The van der Waals surface area contributed by atoms with Gasteiger partial charge in [-0.2, -0.15) is 5.10 Å². The van der Waals surface area contributed by atoms with Crippen molar-refractivity contribution in [1.29, 1.82) is 0 Å². The summed E-state index contributed by atoms with van der Waals surface area (Å²) < 4.78 is 0. The highest BCUT2D eigenvalue weighted by Crippen LogP contribution is 2.25. The van der Waals surface area contributed by atoms with Crippen LogP contribution in [-0.2, 0) is 0 Å². The van der Waals surface area contributed by atoms with Crippen molar-refractivity contribution in [3.8, 4) is 5.75 Å². The molecule has 27 heavy (non-hydrogen) atoms. The van der Waals surface area contributed by atoms with Gasteiger partial charge in [0.2, 0.25) is 0 Å². The fraction of sp³-hybridized carbons (Fsp3) is 0.222. The standard InChI is InChI=1S/C18H19ClN4O4/c1-3-22(4-2)14-7-5-13(17(24)10-14)11-20-21-18(25)12-6-8-15(19)16(9-12)23(26)27/h5-11,24H,3-4H2,1-2H3,(H,21,25). The summed E-state index contributed by atoms with van der Waals surface area (Å²) >= 11 is 5.72. The van der Waals surface area contributed by atoms with E-state index < -0.39 is 10.8 Å². The largest absolute Gasteiger partial charge is 0.507 e. The van der Waals surface area contributed by atoms with Crippen LogP contribution in [0.1, 0.15) is 29.8 Å². The van der Waals surface area contributed by atoms with Crippen molar-refractivity contribution < 1.29 is 14.8 Å². The minimum absolute atomic E-state index is 0.0273. The highest BCUT2D eigenvalue weighted by Gasteiger charge is 2.16. The zero-order valence-electron chi connectivity index (χ0n) is 14.8. The van der Waals surface area contributed by atoms with Crippen molar-refractivity contribution in [3.05, 3.63) is 62.7 Å². The molecule has 0 saturated carbocycles. The lowest BCUT2D eigenvalue weighted by Gasteiger charge is -2.21. The predicted octanol–water partition coefficient (Wildman–Crippen LogP) is 3.56. The van der Waals surface area contributed by atoms with Gasteiger partial charge in [0.15, 0.2) is 0 Å². The third-order valence-corrected chi connectivity index (χ3v) is 4.24. The maximum Gasteiger partial charge on any atom is 0.288 e. The number of nitrogens with one attached hydrogen (secondary N) is 1. The van der Waals surface area contributed by atoms with Crippen LogP contribution in [0.5, 0.6) is 5.75 Å². The molecule has 0 aliphatic heterocycles. The molecule has 0 bridgehead atoms. The monoisotopic (exact) mass is 390 g/mol. The molecular weight excluding hydrogens is 372 g/mol. The normalized spacial score (nSPS) is 10.8. The molecule has 0 aromatic heterocycles. The maximum atomic E-state index is 12.1. The summed E-state index contributed by atoms with van der Waals surface area (Å²) in [5.41, 5.74) is 3.25. The molecule has 2 rings (SSSR count). The molecule has 0 fully saturated rings. The van der Waals surface area contributed by atoms with E-state index in [9.17, 15) is 20.0 Å². The molecule has 0 aliphatic rings. The first-order chi connectivity index (χ1) is 12.9. The molecule has 0 saturated heterocycles. The molecule has 0 aliphatic carbocycles. The number of carbonyl (C=O) groups is 1. The van der Waals surface area contributed by atoms with Gasteiger partial charge >= 0.3 is 0 Å².